The van der Waals surface area contributed by atoms with Gasteiger partial charge in [0.1, 0.15) is 11.7 Å². The number of rotatable bonds is 9. The van der Waals surface area contributed by atoms with Crippen LogP contribution in [0.4, 0.5) is 11.6 Å². The van der Waals surface area contributed by atoms with E-state index in [4.69, 9.17) is 15.5 Å². The van der Waals surface area contributed by atoms with E-state index < -0.39 is 0 Å². The second-order valence-electron chi connectivity index (χ2n) is 7.22. The molecule has 0 unspecified atom stereocenters. The van der Waals surface area contributed by atoms with Crippen molar-refractivity contribution >= 4 is 34.1 Å². The Balaban J connectivity index is 1.91. The third-order valence-corrected chi connectivity index (χ3v) is 4.59. The summed E-state index contributed by atoms with van der Waals surface area (Å²) < 4.78 is 5.04. The molecule has 0 saturated carbocycles. The lowest BCUT2D eigenvalue weighted by atomic mass is 10.1. The van der Waals surface area contributed by atoms with Crippen LogP contribution in [0, 0.1) is 0 Å². The number of amidine groups is 1. The molecule has 0 aromatic carbocycles. The highest BCUT2D eigenvalue weighted by atomic mass is 16.5. The number of anilines is 2. The van der Waals surface area contributed by atoms with E-state index in [-0.39, 0.29) is 0 Å². The first kappa shape index (κ1) is 22.1. The van der Waals surface area contributed by atoms with Gasteiger partial charge in [0.25, 0.3) is 0 Å². The minimum absolute atomic E-state index is 0.362. The highest BCUT2D eigenvalue weighted by Crippen LogP contribution is 2.22. The molecule has 0 fully saturated rings. The van der Waals surface area contributed by atoms with Crippen LogP contribution in [-0.2, 0) is 4.74 Å². The van der Waals surface area contributed by atoms with E-state index >= 15 is 0 Å². The molecule has 0 saturated heterocycles. The Morgan fingerprint density at radius 2 is 2.03 bits per heavy atom. The highest BCUT2D eigenvalue weighted by molar-refractivity contribution is 6.22. The standard InChI is InChI=1S/C22H28N8O/c1-14(2)15-10-21(30-27-12-15)29-20-6-5-18-19(28-20)9-16(11-26-18)17(13-24-3)22(23)25-7-8-31-4/h5-6,9-14,24H,7-8H2,1-4H3,(H2,23,25)(H,28,29,30)/b17-13-. The second kappa shape index (κ2) is 10.4. The number of hydrogen-bond donors (Lipinski definition) is 3. The lowest BCUT2D eigenvalue weighted by Gasteiger charge is -2.10. The first-order valence-electron chi connectivity index (χ1n) is 10.0. The van der Waals surface area contributed by atoms with Gasteiger partial charge >= 0.3 is 0 Å². The van der Waals surface area contributed by atoms with E-state index in [1.54, 1.807) is 25.7 Å². The third-order valence-electron chi connectivity index (χ3n) is 4.59. The number of aliphatic imine (C=N–C) groups is 1. The summed E-state index contributed by atoms with van der Waals surface area (Å²) in [5.74, 6) is 2.07. The number of ether oxygens (including phenoxy) is 1. The molecular weight excluding hydrogens is 392 g/mol. The van der Waals surface area contributed by atoms with Crippen LogP contribution in [0.15, 0.2) is 47.9 Å². The minimum Gasteiger partial charge on any atom is -0.393 e. The first-order chi connectivity index (χ1) is 15.0. The van der Waals surface area contributed by atoms with Crippen LogP contribution in [0.5, 0.6) is 0 Å². The molecule has 3 aromatic heterocycles. The van der Waals surface area contributed by atoms with Gasteiger partial charge in [-0.05, 0) is 35.7 Å². The highest BCUT2D eigenvalue weighted by Gasteiger charge is 2.10. The molecule has 0 spiro atoms. The van der Waals surface area contributed by atoms with E-state index in [0.29, 0.717) is 36.5 Å². The quantitative estimate of drug-likeness (QED) is 0.274. The Bertz CT molecular complexity index is 1090. The minimum atomic E-state index is 0.362. The Labute approximate surface area is 181 Å². The van der Waals surface area contributed by atoms with Gasteiger partial charge in [0.2, 0.25) is 0 Å². The molecule has 3 aromatic rings. The number of methoxy groups -OCH3 is 1. The molecule has 162 valence electrons. The van der Waals surface area contributed by atoms with Crippen molar-refractivity contribution in [3.8, 4) is 0 Å². The fourth-order valence-corrected chi connectivity index (χ4v) is 2.91. The van der Waals surface area contributed by atoms with Crippen molar-refractivity contribution in [2.24, 2.45) is 10.7 Å². The number of pyridine rings is 2. The smallest absolute Gasteiger partial charge is 0.154 e. The van der Waals surface area contributed by atoms with Crippen LogP contribution < -0.4 is 16.4 Å². The summed E-state index contributed by atoms with van der Waals surface area (Å²) in [6.45, 7) is 5.21. The van der Waals surface area contributed by atoms with Crippen molar-refractivity contribution < 1.29 is 4.74 Å². The van der Waals surface area contributed by atoms with Crippen molar-refractivity contribution in [3.05, 3.63) is 54.0 Å². The van der Waals surface area contributed by atoms with Crippen LogP contribution in [-0.4, -0.2) is 53.3 Å². The molecule has 0 aliphatic rings. The van der Waals surface area contributed by atoms with E-state index in [1.807, 2.05) is 31.3 Å². The molecular formula is C22H28N8O. The van der Waals surface area contributed by atoms with E-state index in [9.17, 15) is 0 Å². The van der Waals surface area contributed by atoms with Crippen LogP contribution in [0.3, 0.4) is 0 Å². The number of nitrogens with zero attached hydrogens (tertiary/aromatic N) is 5. The Kier molecular flexibility index (Phi) is 7.45. The fourth-order valence-electron chi connectivity index (χ4n) is 2.91. The second-order valence-corrected chi connectivity index (χ2v) is 7.22. The molecule has 0 aliphatic heterocycles. The molecule has 0 bridgehead atoms. The lowest BCUT2D eigenvalue weighted by Crippen LogP contribution is -2.17. The van der Waals surface area contributed by atoms with Gasteiger partial charge < -0.3 is 21.1 Å². The molecule has 0 radical (unpaired) electrons. The molecule has 0 amide bonds. The van der Waals surface area contributed by atoms with Gasteiger partial charge in [-0.15, -0.1) is 5.10 Å². The largest absolute Gasteiger partial charge is 0.393 e. The van der Waals surface area contributed by atoms with E-state index in [1.165, 1.54) is 0 Å². The van der Waals surface area contributed by atoms with Gasteiger partial charge in [0.15, 0.2) is 5.82 Å². The summed E-state index contributed by atoms with van der Waals surface area (Å²) in [5.41, 5.74) is 10.4. The first-order valence-corrected chi connectivity index (χ1v) is 10.0. The van der Waals surface area contributed by atoms with Gasteiger partial charge in [0.05, 0.1) is 30.4 Å². The van der Waals surface area contributed by atoms with Crippen molar-refractivity contribution in [1.29, 1.82) is 0 Å². The van der Waals surface area contributed by atoms with Gasteiger partial charge in [0, 0.05) is 37.7 Å². The van der Waals surface area contributed by atoms with Gasteiger partial charge in [-0.3, -0.25) is 9.98 Å². The zero-order valence-electron chi connectivity index (χ0n) is 18.3. The molecule has 0 atom stereocenters. The monoisotopic (exact) mass is 420 g/mol. The van der Waals surface area contributed by atoms with Crippen LogP contribution in [0.2, 0.25) is 0 Å². The number of nitrogens with one attached hydrogen (secondary N) is 2. The molecule has 0 aliphatic carbocycles. The summed E-state index contributed by atoms with van der Waals surface area (Å²) in [6.07, 6.45) is 5.33. The topological polar surface area (TPSA) is 123 Å². The molecule has 9 nitrogen and oxygen atoms in total. The summed E-state index contributed by atoms with van der Waals surface area (Å²) in [5, 5.41) is 14.5. The molecule has 31 heavy (non-hydrogen) atoms. The van der Waals surface area contributed by atoms with Crippen molar-refractivity contribution in [1.82, 2.24) is 25.5 Å². The van der Waals surface area contributed by atoms with E-state index in [0.717, 1.165) is 27.7 Å². The third kappa shape index (κ3) is 5.73. The average molecular weight is 421 g/mol. The van der Waals surface area contributed by atoms with Gasteiger partial charge in [-0.25, -0.2) is 4.98 Å². The average Bonchev–Trinajstić information content (AvgIpc) is 2.77. The number of nitrogens with two attached hydrogens (primary N) is 1. The molecule has 3 heterocycles. The molecule has 9 heteroatoms. The van der Waals surface area contributed by atoms with Gasteiger partial charge in [-0.1, -0.05) is 13.8 Å². The summed E-state index contributed by atoms with van der Waals surface area (Å²) in [7, 11) is 3.44. The Morgan fingerprint density at radius 3 is 2.77 bits per heavy atom. The normalized spacial score (nSPS) is 12.4. The van der Waals surface area contributed by atoms with Crippen LogP contribution >= 0.6 is 0 Å². The van der Waals surface area contributed by atoms with Crippen molar-refractivity contribution in [3.63, 3.8) is 0 Å². The molecule has 4 N–H and O–H groups in total. The van der Waals surface area contributed by atoms with Crippen molar-refractivity contribution in [2.45, 2.75) is 19.8 Å². The van der Waals surface area contributed by atoms with Gasteiger partial charge in [-0.2, -0.15) is 5.10 Å². The zero-order valence-corrected chi connectivity index (χ0v) is 18.3. The number of fused-ring (bicyclic) bond motifs is 1. The van der Waals surface area contributed by atoms with Crippen LogP contribution in [0.1, 0.15) is 30.9 Å². The zero-order chi connectivity index (χ0) is 22.2. The number of aromatic nitrogens is 4. The predicted molar refractivity (Wildman–Crippen MR) is 124 cm³/mol. The molecule has 3 rings (SSSR count). The fraction of sp³-hybridized carbons (Fsp3) is 0.318. The van der Waals surface area contributed by atoms with Crippen molar-refractivity contribution in [2.75, 3.05) is 32.6 Å². The van der Waals surface area contributed by atoms with Crippen LogP contribution in [0.25, 0.3) is 16.6 Å². The Hall–Kier alpha value is -3.59. The Morgan fingerprint density at radius 1 is 1.19 bits per heavy atom. The summed E-state index contributed by atoms with van der Waals surface area (Å²) in [4.78, 5) is 13.6. The SMILES string of the molecule is CN/C=C(\C(N)=NCCOC)c1cnc2ccc(Nc3cc(C(C)C)cnn3)nc2c1. The number of hydrogen-bond acceptors (Lipinski definition) is 8. The maximum Gasteiger partial charge on any atom is 0.154 e. The summed E-state index contributed by atoms with van der Waals surface area (Å²) in [6, 6.07) is 7.68. The van der Waals surface area contributed by atoms with E-state index in [2.05, 4.69) is 44.7 Å². The predicted octanol–water partition coefficient (Wildman–Crippen LogP) is 2.85. The lowest BCUT2D eigenvalue weighted by molar-refractivity contribution is 0.208. The maximum absolute atomic E-state index is 6.20. The summed E-state index contributed by atoms with van der Waals surface area (Å²) >= 11 is 0. The maximum atomic E-state index is 6.20.